The molecule has 0 aliphatic carbocycles. The number of hydrogen-bond acceptors (Lipinski definition) is 6. The van der Waals surface area contributed by atoms with Crippen molar-refractivity contribution in [2.24, 2.45) is 0 Å². The molecule has 2 aliphatic heterocycles. The summed E-state index contributed by atoms with van der Waals surface area (Å²) < 4.78 is 0. The molecular formula is C60H42N4O2S2. The van der Waals surface area contributed by atoms with Crippen LogP contribution in [0.5, 0.6) is 0 Å². The first-order chi connectivity index (χ1) is 33.6. The number of thiophene rings is 2. The minimum atomic E-state index is -0.192. The maximum Gasteiger partial charge on any atom is 0.261 e. The number of carbonyl (C=O) groups is 2. The monoisotopic (exact) mass is 914 g/mol. The summed E-state index contributed by atoms with van der Waals surface area (Å²) in [5.41, 5.74) is 8.17. The number of rotatable bonds is 12. The molecule has 0 unspecified atom stereocenters. The molecule has 2 amide bonds. The first-order valence-electron chi connectivity index (χ1n) is 22.7. The Bertz CT molecular complexity index is 3250. The molecule has 0 saturated carbocycles. The van der Waals surface area contributed by atoms with E-state index in [2.05, 4.69) is 131 Å². The zero-order valence-corrected chi connectivity index (χ0v) is 38.4. The van der Waals surface area contributed by atoms with E-state index in [0.717, 1.165) is 75.2 Å². The molecule has 0 fully saturated rings. The molecule has 0 atom stereocenters. The predicted octanol–water partition coefficient (Wildman–Crippen LogP) is 15.3. The summed E-state index contributed by atoms with van der Waals surface area (Å²) in [5, 5.41) is 6.25. The summed E-state index contributed by atoms with van der Waals surface area (Å²) in [6.45, 7) is 0.568. The highest BCUT2D eigenvalue weighted by Gasteiger charge is 2.50. The average molecular weight is 915 g/mol. The molecule has 0 N–H and O–H groups in total. The summed E-state index contributed by atoms with van der Waals surface area (Å²) in [4.78, 5) is 41.6. The van der Waals surface area contributed by atoms with Gasteiger partial charge in [-0.05, 0) is 105 Å². The van der Waals surface area contributed by atoms with Gasteiger partial charge in [-0.25, -0.2) is 0 Å². The molecule has 2 aromatic heterocycles. The molecule has 8 aromatic carbocycles. The summed E-state index contributed by atoms with van der Waals surface area (Å²) in [5.74, 6) is -0.384. The van der Waals surface area contributed by atoms with Crippen molar-refractivity contribution in [3.8, 4) is 0 Å². The summed E-state index contributed by atoms with van der Waals surface area (Å²) in [6, 6.07) is 78.7. The van der Waals surface area contributed by atoms with Crippen LogP contribution in [-0.2, 0) is 22.7 Å². The highest BCUT2D eigenvalue weighted by Crippen LogP contribution is 2.52. The van der Waals surface area contributed by atoms with E-state index in [1.165, 1.54) is 0 Å². The fourth-order valence-electron chi connectivity index (χ4n) is 9.68. The molecule has 326 valence electrons. The Kier molecular flexibility index (Phi) is 10.6. The number of nitrogens with zero attached hydrogens (tertiary/aromatic N) is 4. The summed E-state index contributed by atoms with van der Waals surface area (Å²) in [7, 11) is 0. The Hall–Kier alpha value is -8.30. The lowest BCUT2D eigenvalue weighted by atomic mass is 10.0. The molecule has 0 bridgehead atoms. The Labute approximate surface area is 402 Å². The van der Waals surface area contributed by atoms with E-state index in [1.807, 2.05) is 119 Å². The molecule has 2 aliphatic rings. The van der Waals surface area contributed by atoms with Crippen molar-refractivity contribution in [2.75, 3.05) is 9.80 Å². The Balaban J connectivity index is 1.07. The third-order valence-electron chi connectivity index (χ3n) is 12.7. The normalized spacial score (nSPS) is 13.6. The molecule has 0 radical (unpaired) electrons. The maximum absolute atomic E-state index is 15.9. The highest BCUT2D eigenvalue weighted by atomic mass is 32.1. The minimum absolute atomic E-state index is 0.192. The van der Waals surface area contributed by atoms with Gasteiger partial charge in [-0.2, -0.15) is 0 Å². The van der Waals surface area contributed by atoms with E-state index in [0.29, 0.717) is 22.5 Å². The first-order valence-corrected chi connectivity index (χ1v) is 24.3. The zero-order chi connectivity index (χ0) is 45.6. The van der Waals surface area contributed by atoms with Crippen molar-refractivity contribution in [3.63, 3.8) is 0 Å². The predicted molar refractivity (Wildman–Crippen MR) is 281 cm³/mol. The van der Waals surface area contributed by atoms with Gasteiger partial charge in [0.25, 0.3) is 11.8 Å². The topological polar surface area (TPSA) is 47.1 Å². The molecular weight excluding hydrogens is 873 g/mol. The first kappa shape index (κ1) is 41.2. The third kappa shape index (κ3) is 7.27. The quantitative estimate of drug-likeness (QED) is 0.123. The molecule has 6 nitrogen and oxygen atoms in total. The van der Waals surface area contributed by atoms with Gasteiger partial charge in [0.2, 0.25) is 0 Å². The Morgan fingerprint density at radius 3 is 1.03 bits per heavy atom. The largest absolute Gasteiger partial charge is 0.302 e. The van der Waals surface area contributed by atoms with Crippen molar-refractivity contribution >= 4 is 100 Å². The molecule has 0 spiro atoms. The second-order valence-electron chi connectivity index (χ2n) is 16.8. The van der Waals surface area contributed by atoms with Crippen LogP contribution in [0.3, 0.4) is 0 Å². The van der Waals surface area contributed by atoms with Gasteiger partial charge < -0.3 is 19.6 Å². The van der Waals surface area contributed by atoms with Crippen molar-refractivity contribution in [2.45, 2.75) is 13.1 Å². The van der Waals surface area contributed by atoms with Crippen molar-refractivity contribution in [3.05, 3.63) is 263 Å². The lowest BCUT2D eigenvalue weighted by molar-refractivity contribution is -0.124. The van der Waals surface area contributed by atoms with Gasteiger partial charge in [0.15, 0.2) is 0 Å². The second kappa shape index (κ2) is 17.5. The molecule has 4 heterocycles. The van der Waals surface area contributed by atoms with Gasteiger partial charge in [-0.15, -0.1) is 22.7 Å². The lowest BCUT2D eigenvalue weighted by Gasteiger charge is -2.26. The van der Waals surface area contributed by atoms with Crippen LogP contribution >= 0.6 is 22.7 Å². The average Bonchev–Trinajstić information content (AvgIpc) is 4.19. The molecule has 0 saturated heterocycles. The van der Waals surface area contributed by atoms with Gasteiger partial charge >= 0.3 is 0 Å². The fraction of sp³-hybridized carbons (Fsp3) is 0.0333. The van der Waals surface area contributed by atoms with E-state index < -0.39 is 0 Å². The highest BCUT2D eigenvalue weighted by molar-refractivity contribution is 7.17. The van der Waals surface area contributed by atoms with Gasteiger partial charge in [-0.1, -0.05) is 158 Å². The molecule has 10 aromatic rings. The van der Waals surface area contributed by atoms with E-state index in [4.69, 9.17) is 0 Å². The van der Waals surface area contributed by atoms with E-state index in [9.17, 15) is 0 Å². The SMILES string of the molecule is O=C1C2=C(c3ccc(N(c4ccccc4)c4ccccc4)s3)N(Cc3cccc4ccccc34)C(=O)C2=C(c2ccc(N(c3ccccc3)c3ccccc3)s2)N1Cc1cccc2ccccc12. The minimum Gasteiger partial charge on any atom is -0.302 e. The van der Waals surface area contributed by atoms with Crippen molar-refractivity contribution in [1.82, 2.24) is 9.80 Å². The van der Waals surface area contributed by atoms with Gasteiger partial charge in [0, 0.05) is 22.7 Å². The van der Waals surface area contributed by atoms with Gasteiger partial charge in [-0.3, -0.25) is 9.59 Å². The number of amides is 2. The van der Waals surface area contributed by atoms with Crippen molar-refractivity contribution < 1.29 is 9.59 Å². The summed E-state index contributed by atoms with van der Waals surface area (Å²) in [6.07, 6.45) is 0. The molecule has 8 heteroatoms. The number of benzene rings is 8. The number of anilines is 6. The second-order valence-corrected chi connectivity index (χ2v) is 18.9. The Morgan fingerprint density at radius 1 is 0.338 bits per heavy atom. The van der Waals surface area contributed by atoms with Crippen LogP contribution in [0.2, 0.25) is 0 Å². The fourth-order valence-corrected chi connectivity index (χ4v) is 11.9. The smallest absolute Gasteiger partial charge is 0.261 e. The number of fused-ring (bicyclic) bond motifs is 3. The molecule has 68 heavy (non-hydrogen) atoms. The van der Waals surface area contributed by atoms with E-state index >= 15 is 9.59 Å². The zero-order valence-electron chi connectivity index (χ0n) is 36.8. The Morgan fingerprint density at radius 2 is 0.662 bits per heavy atom. The third-order valence-corrected chi connectivity index (χ3v) is 14.9. The van der Waals surface area contributed by atoms with Crippen molar-refractivity contribution in [1.29, 1.82) is 0 Å². The molecule has 12 rings (SSSR count). The van der Waals surface area contributed by atoms with Gasteiger partial charge in [0.05, 0.1) is 45.4 Å². The van der Waals surface area contributed by atoms with Crippen LogP contribution in [0.25, 0.3) is 32.9 Å². The maximum atomic E-state index is 15.9. The van der Waals surface area contributed by atoms with E-state index in [1.54, 1.807) is 22.7 Å². The van der Waals surface area contributed by atoms with Crippen LogP contribution in [0.4, 0.5) is 32.8 Å². The standard InChI is InChI=1S/C60H42N4O2S2/c65-59-55-56(58(62(59)40-44-24-18-22-42-20-14-16-34-50(42)44)52-36-38-54(68-52)64(47-29-9-3-10-30-47)48-31-11-4-12-32-48)60(66)61(39-43-23-17-21-41-19-13-15-33-49(41)43)57(55)51-35-37-53(67-51)63(45-25-5-1-6-26-45)46-27-7-2-8-28-46/h1-38H,39-40H2. The van der Waals surface area contributed by atoms with Gasteiger partial charge in [0.1, 0.15) is 10.0 Å². The van der Waals surface area contributed by atoms with Crippen LogP contribution < -0.4 is 9.80 Å². The number of hydrogen-bond donors (Lipinski definition) is 0. The van der Waals surface area contributed by atoms with Crippen LogP contribution in [0.15, 0.2) is 242 Å². The lowest BCUT2D eigenvalue weighted by Crippen LogP contribution is -2.29. The van der Waals surface area contributed by atoms with E-state index in [-0.39, 0.29) is 24.9 Å². The number of para-hydroxylation sites is 4. The van der Waals surface area contributed by atoms with Crippen LogP contribution in [0, 0.1) is 0 Å². The summed E-state index contributed by atoms with van der Waals surface area (Å²) >= 11 is 3.17. The number of carbonyl (C=O) groups excluding carboxylic acids is 2. The van der Waals surface area contributed by atoms with Crippen LogP contribution in [0.1, 0.15) is 20.9 Å². The van der Waals surface area contributed by atoms with Crippen LogP contribution in [-0.4, -0.2) is 21.6 Å².